The minimum absolute atomic E-state index is 0.0202. The van der Waals surface area contributed by atoms with Gasteiger partial charge in [0.25, 0.3) is 0 Å². The molecule has 0 radical (unpaired) electrons. The van der Waals surface area contributed by atoms with E-state index in [1.807, 2.05) is 87.1 Å². The van der Waals surface area contributed by atoms with Gasteiger partial charge in [0.05, 0.1) is 36.6 Å². The third-order valence-corrected chi connectivity index (χ3v) is 10.8. The zero-order chi connectivity index (χ0) is 41.4. The zero-order valence-electron chi connectivity index (χ0n) is 35.7. The van der Waals surface area contributed by atoms with Crippen molar-refractivity contribution >= 4 is 29.6 Å². The van der Waals surface area contributed by atoms with Crippen molar-refractivity contribution in [2.24, 2.45) is 28.5 Å². The molecule has 1 saturated heterocycles. The molecule has 14 heteroatoms. The molecular weight excluding hydrogens is 701 g/mol. The van der Waals surface area contributed by atoms with Crippen molar-refractivity contribution < 1.29 is 28.7 Å². The van der Waals surface area contributed by atoms with E-state index in [1.165, 1.54) is 0 Å². The fraction of sp³-hybridized carbons (Fsp3) is 0.732. The number of hydrogen-bond donors (Lipinski definition) is 3. The highest BCUT2D eigenvalue weighted by molar-refractivity contribution is 5.89. The first-order chi connectivity index (χ1) is 26.0. The normalized spacial score (nSPS) is 18.0. The van der Waals surface area contributed by atoms with E-state index in [0.717, 1.165) is 18.4 Å². The largest absolute Gasteiger partial charge is 0.379 e. The maximum absolute atomic E-state index is 14.3. The second kappa shape index (κ2) is 23.3. The third-order valence-electron chi connectivity index (χ3n) is 10.8. The summed E-state index contributed by atoms with van der Waals surface area (Å²) in [6.07, 6.45) is 1.98. The van der Waals surface area contributed by atoms with Crippen LogP contribution in [0.15, 0.2) is 35.3 Å². The molecule has 0 spiro atoms. The van der Waals surface area contributed by atoms with Gasteiger partial charge >= 0.3 is 0 Å². The number of amides is 4. The average Bonchev–Trinajstić information content (AvgIpc) is 3.64. The summed E-state index contributed by atoms with van der Waals surface area (Å²) in [4.78, 5) is 67.8. The molecule has 1 aliphatic rings. The molecule has 14 nitrogen and oxygen atoms in total. The molecule has 55 heavy (non-hydrogen) atoms. The van der Waals surface area contributed by atoms with Crippen molar-refractivity contribution in [1.82, 2.24) is 30.2 Å². The highest BCUT2D eigenvalue weighted by atomic mass is 16.5. The maximum atomic E-state index is 14.3. The lowest BCUT2D eigenvalue weighted by Crippen LogP contribution is -2.55. The van der Waals surface area contributed by atoms with Crippen LogP contribution in [-0.2, 0) is 35.1 Å². The fourth-order valence-electron chi connectivity index (χ4n) is 7.56. The molecule has 1 fully saturated rings. The minimum atomic E-state index is -0.799. The number of nitrogens with one attached hydrogen (secondary N) is 2. The number of hydrogen-bond acceptors (Lipinski definition) is 8. The summed E-state index contributed by atoms with van der Waals surface area (Å²) in [6, 6.07) is 7.35. The summed E-state index contributed by atoms with van der Waals surface area (Å²) >= 11 is 0. The lowest BCUT2D eigenvalue weighted by Gasteiger charge is -2.40. The first kappa shape index (κ1) is 47.4. The first-order valence-corrected chi connectivity index (χ1v) is 19.9. The molecule has 4 amide bonds. The number of methoxy groups -OCH3 is 2. The van der Waals surface area contributed by atoms with Crippen LogP contribution in [0.5, 0.6) is 0 Å². The molecule has 3 unspecified atom stereocenters. The van der Waals surface area contributed by atoms with Gasteiger partial charge in [-0.1, -0.05) is 71.4 Å². The Hall–Kier alpha value is -3.75. The second-order valence-electron chi connectivity index (χ2n) is 15.7. The number of likely N-dealkylation sites (tertiary alicyclic amines) is 1. The van der Waals surface area contributed by atoms with E-state index >= 15 is 0 Å². The Morgan fingerprint density at radius 2 is 1.60 bits per heavy atom. The molecule has 4 N–H and O–H groups in total. The van der Waals surface area contributed by atoms with Crippen LogP contribution < -0.4 is 16.4 Å². The van der Waals surface area contributed by atoms with E-state index in [0.29, 0.717) is 44.9 Å². The monoisotopic (exact) mass is 773 g/mol. The predicted octanol–water partition coefficient (Wildman–Crippen LogP) is 2.60. The van der Waals surface area contributed by atoms with Crippen LogP contribution in [0.1, 0.15) is 72.3 Å². The summed E-state index contributed by atoms with van der Waals surface area (Å²) in [6.45, 7) is 11.3. The van der Waals surface area contributed by atoms with Crippen molar-refractivity contribution in [3.8, 4) is 0 Å². The van der Waals surface area contributed by atoms with Crippen LogP contribution in [-0.4, -0.2) is 155 Å². The quantitative estimate of drug-likeness (QED) is 0.0970. The molecule has 1 aromatic rings. The first-order valence-electron chi connectivity index (χ1n) is 19.9. The van der Waals surface area contributed by atoms with Crippen LogP contribution in [0.3, 0.4) is 0 Å². The van der Waals surface area contributed by atoms with E-state index in [9.17, 15) is 19.2 Å². The van der Waals surface area contributed by atoms with Crippen molar-refractivity contribution in [1.29, 1.82) is 0 Å². The standard InChI is InChI=1S/C41H72N8O6/c1-13-28(4)36(48(10)40(53)35(27(2)3)45-41(46(6)7)47(8)9)33(54-11)26-34(50)49-24-17-21-32(49)37(55-12)29(5)38(51)44-31(39(52)43-23-18-22-42)25-30-19-15-14-16-20-30/h14-16,19-20,27-29,31-33,35-37H,13,17-18,21-26,42H2,1-12H3,(H,43,52)(H,44,51)/t28-,29+,31?,32?,33+,35?,36-,37+/m0/s1. The number of carbonyl (C=O) groups excluding carboxylic acids is 4. The Bertz CT molecular complexity index is 1370. The number of likely N-dealkylation sites (N-methyl/N-ethyl adjacent to an activating group) is 1. The number of ether oxygens (including phenoxy) is 2. The van der Waals surface area contributed by atoms with Gasteiger partial charge in [0.2, 0.25) is 23.6 Å². The number of aliphatic imine (C=N–C) groups is 1. The van der Waals surface area contributed by atoms with Gasteiger partial charge in [-0.05, 0) is 43.2 Å². The summed E-state index contributed by atoms with van der Waals surface area (Å²) in [5.41, 5.74) is 6.55. The molecular formula is C41H72N8O6. The number of nitrogens with two attached hydrogens (primary N) is 1. The molecule has 2 rings (SSSR count). The number of benzene rings is 1. The number of rotatable bonds is 21. The molecule has 1 heterocycles. The third kappa shape index (κ3) is 13.5. The average molecular weight is 773 g/mol. The Morgan fingerprint density at radius 3 is 2.13 bits per heavy atom. The van der Waals surface area contributed by atoms with E-state index in [-0.39, 0.29) is 47.9 Å². The van der Waals surface area contributed by atoms with Crippen molar-refractivity contribution in [3.05, 3.63) is 35.9 Å². The molecule has 312 valence electrons. The fourth-order valence-corrected chi connectivity index (χ4v) is 7.56. The van der Waals surface area contributed by atoms with Crippen LogP contribution in [0, 0.1) is 17.8 Å². The molecule has 8 atom stereocenters. The summed E-state index contributed by atoms with van der Waals surface area (Å²) in [5, 5.41) is 5.87. The lowest BCUT2D eigenvalue weighted by atomic mass is 9.89. The smallest absolute Gasteiger partial charge is 0.247 e. The van der Waals surface area contributed by atoms with Gasteiger partial charge in [-0.25, -0.2) is 4.99 Å². The van der Waals surface area contributed by atoms with Gasteiger partial charge in [-0.3, -0.25) is 19.2 Å². The summed E-state index contributed by atoms with van der Waals surface area (Å²) in [5.74, 6) is -0.901. The van der Waals surface area contributed by atoms with E-state index in [1.54, 1.807) is 33.1 Å². The van der Waals surface area contributed by atoms with Crippen LogP contribution >= 0.6 is 0 Å². The van der Waals surface area contributed by atoms with Gasteiger partial charge in [0.15, 0.2) is 5.96 Å². The van der Waals surface area contributed by atoms with Gasteiger partial charge < -0.3 is 45.4 Å². The van der Waals surface area contributed by atoms with Gasteiger partial charge in [-0.15, -0.1) is 0 Å². The maximum Gasteiger partial charge on any atom is 0.247 e. The zero-order valence-corrected chi connectivity index (χ0v) is 35.7. The number of carbonyl (C=O) groups is 4. The SMILES string of the molecule is CC[C@H](C)[C@@H]([C@@H](CC(=O)N1CCCC1[C@H](OC)[C@@H](C)C(=O)NC(Cc1ccccc1)C(=O)NCCCN)OC)N(C)C(=O)C(N=C(N(C)C)N(C)C)C(C)C. The van der Waals surface area contributed by atoms with Crippen molar-refractivity contribution in [3.63, 3.8) is 0 Å². The highest BCUT2D eigenvalue weighted by Gasteiger charge is 2.43. The molecule has 1 aromatic carbocycles. The summed E-state index contributed by atoms with van der Waals surface area (Å²) in [7, 11) is 12.5. The van der Waals surface area contributed by atoms with Crippen molar-refractivity contribution in [2.45, 2.75) is 110 Å². The van der Waals surface area contributed by atoms with Crippen LogP contribution in [0.2, 0.25) is 0 Å². The Kier molecular flexibility index (Phi) is 20.1. The number of guanidine groups is 1. The predicted molar refractivity (Wildman–Crippen MR) is 218 cm³/mol. The molecule has 0 saturated carbocycles. The molecule has 1 aliphatic heterocycles. The number of nitrogens with zero attached hydrogens (tertiary/aromatic N) is 5. The van der Waals surface area contributed by atoms with Gasteiger partial charge in [0.1, 0.15) is 12.1 Å². The van der Waals surface area contributed by atoms with E-state index in [2.05, 4.69) is 24.5 Å². The summed E-state index contributed by atoms with van der Waals surface area (Å²) < 4.78 is 12.0. The topological polar surface area (TPSA) is 162 Å². The Labute approximate surface area is 330 Å². The molecule has 0 aliphatic carbocycles. The Balaban J connectivity index is 2.31. The highest BCUT2D eigenvalue weighted by Crippen LogP contribution is 2.30. The lowest BCUT2D eigenvalue weighted by molar-refractivity contribution is -0.146. The molecule has 0 aromatic heterocycles. The van der Waals surface area contributed by atoms with Crippen LogP contribution in [0.25, 0.3) is 0 Å². The second-order valence-corrected chi connectivity index (χ2v) is 15.7. The van der Waals surface area contributed by atoms with Gasteiger partial charge in [0, 0.05) is 69.0 Å². The van der Waals surface area contributed by atoms with E-state index < -0.39 is 36.3 Å². The Morgan fingerprint density at radius 1 is 0.964 bits per heavy atom. The minimum Gasteiger partial charge on any atom is -0.379 e. The molecule has 0 bridgehead atoms. The van der Waals surface area contributed by atoms with Crippen LogP contribution in [0.4, 0.5) is 0 Å². The van der Waals surface area contributed by atoms with E-state index in [4.69, 9.17) is 20.2 Å². The van der Waals surface area contributed by atoms with Gasteiger partial charge in [-0.2, -0.15) is 0 Å². The van der Waals surface area contributed by atoms with Crippen molar-refractivity contribution in [2.75, 3.05) is 69.1 Å².